The van der Waals surface area contributed by atoms with Gasteiger partial charge in [-0.15, -0.1) is 0 Å². The summed E-state index contributed by atoms with van der Waals surface area (Å²) in [6, 6.07) is 16.4. The van der Waals surface area contributed by atoms with Crippen molar-refractivity contribution in [2.45, 2.75) is 24.9 Å². The third-order valence-electron chi connectivity index (χ3n) is 3.72. The Labute approximate surface area is 129 Å². The number of rotatable bonds is 6. The van der Waals surface area contributed by atoms with Gasteiger partial charge in [0.1, 0.15) is 5.82 Å². The molecule has 0 bridgehead atoms. The van der Waals surface area contributed by atoms with E-state index >= 15 is 0 Å². The first-order chi connectivity index (χ1) is 10.7. The summed E-state index contributed by atoms with van der Waals surface area (Å²) in [5, 5.41) is 6.18. The molecule has 1 fully saturated rings. The Morgan fingerprint density at radius 2 is 1.82 bits per heavy atom. The summed E-state index contributed by atoms with van der Waals surface area (Å²) in [4.78, 5) is 11.9. The number of hydrogen-bond acceptors (Lipinski definition) is 2. The highest BCUT2D eigenvalue weighted by Gasteiger charge is 2.23. The number of carbonyl (C=O) groups excluding carboxylic acids is 1. The van der Waals surface area contributed by atoms with Crippen LogP contribution in [0, 0.1) is 5.82 Å². The van der Waals surface area contributed by atoms with Gasteiger partial charge in [-0.2, -0.15) is 0 Å². The number of carbonyl (C=O) groups is 1. The summed E-state index contributed by atoms with van der Waals surface area (Å²) in [5.74, 6) is -0.289. The second-order valence-corrected chi connectivity index (χ2v) is 5.62. The molecular formula is C18H19FN2O. The van der Waals surface area contributed by atoms with Crippen LogP contribution >= 0.6 is 0 Å². The van der Waals surface area contributed by atoms with Crippen molar-refractivity contribution in [3.63, 3.8) is 0 Å². The van der Waals surface area contributed by atoms with E-state index in [9.17, 15) is 9.18 Å². The van der Waals surface area contributed by atoms with E-state index in [1.807, 2.05) is 36.4 Å². The number of nitrogens with one attached hydrogen (secondary N) is 2. The van der Waals surface area contributed by atoms with Gasteiger partial charge in [-0.05, 0) is 36.1 Å². The van der Waals surface area contributed by atoms with Crippen molar-refractivity contribution < 1.29 is 9.18 Å². The van der Waals surface area contributed by atoms with Gasteiger partial charge < -0.3 is 5.32 Å². The standard InChI is InChI=1S/C18H19FN2O/c19-15-8-4-7-14(11-15)18(13-5-2-1-3-6-13)20-12-17(22)21-16-9-10-16/h1-8,11,16,18,20H,9-10,12H2,(H,21,22)/t18-/m1/s1. The summed E-state index contributed by atoms with van der Waals surface area (Å²) in [5.41, 5.74) is 1.82. The largest absolute Gasteiger partial charge is 0.352 e. The Hall–Kier alpha value is -2.20. The molecule has 22 heavy (non-hydrogen) atoms. The minimum atomic E-state index is -0.275. The molecule has 2 aromatic carbocycles. The van der Waals surface area contributed by atoms with Crippen LogP contribution in [0.1, 0.15) is 30.0 Å². The smallest absolute Gasteiger partial charge is 0.234 e. The summed E-state index contributed by atoms with van der Waals surface area (Å²) in [6.07, 6.45) is 2.13. The fraction of sp³-hybridized carbons (Fsp3) is 0.278. The molecule has 3 rings (SSSR count). The molecular weight excluding hydrogens is 279 g/mol. The van der Waals surface area contributed by atoms with Crippen LogP contribution in [0.2, 0.25) is 0 Å². The van der Waals surface area contributed by atoms with E-state index in [2.05, 4.69) is 10.6 Å². The molecule has 0 spiro atoms. The summed E-state index contributed by atoms with van der Waals surface area (Å²) in [6.45, 7) is 0.215. The molecule has 1 atom stereocenters. The zero-order chi connectivity index (χ0) is 15.4. The fourth-order valence-electron chi connectivity index (χ4n) is 2.46. The van der Waals surface area contributed by atoms with Gasteiger partial charge in [0.25, 0.3) is 0 Å². The minimum absolute atomic E-state index is 0.0140. The molecule has 0 aliphatic heterocycles. The predicted molar refractivity (Wildman–Crippen MR) is 83.9 cm³/mol. The molecule has 0 aromatic heterocycles. The molecule has 1 aliphatic rings. The van der Waals surface area contributed by atoms with Crippen LogP contribution in [0.5, 0.6) is 0 Å². The first-order valence-corrected chi connectivity index (χ1v) is 7.55. The number of amides is 1. The lowest BCUT2D eigenvalue weighted by Crippen LogP contribution is -2.37. The van der Waals surface area contributed by atoms with Crippen molar-refractivity contribution in [3.05, 3.63) is 71.5 Å². The van der Waals surface area contributed by atoms with Crippen LogP contribution in [-0.2, 0) is 4.79 Å². The third-order valence-corrected chi connectivity index (χ3v) is 3.72. The number of hydrogen-bond donors (Lipinski definition) is 2. The summed E-state index contributed by atoms with van der Waals surface area (Å²) in [7, 11) is 0. The molecule has 1 saturated carbocycles. The lowest BCUT2D eigenvalue weighted by Gasteiger charge is -2.20. The third kappa shape index (κ3) is 3.92. The second-order valence-electron chi connectivity index (χ2n) is 5.62. The first-order valence-electron chi connectivity index (χ1n) is 7.55. The van der Waals surface area contributed by atoms with Gasteiger partial charge in [0.15, 0.2) is 0 Å². The van der Waals surface area contributed by atoms with E-state index in [1.165, 1.54) is 12.1 Å². The first kappa shape index (κ1) is 14.7. The predicted octanol–water partition coefficient (Wildman–Crippen LogP) is 2.78. The topological polar surface area (TPSA) is 41.1 Å². The Morgan fingerprint density at radius 3 is 2.50 bits per heavy atom. The lowest BCUT2D eigenvalue weighted by atomic mass is 9.98. The van der Waals surface area contributed by atoms with Crippen molar-refractivity contribution in [1.82, 2.24) is 10.6 Å². The van der Waals surface area contributed by atoms with E-state index in [0.717, 1.165) is 24.0 Å². The van der Waals surface area contributed by atoms with Crippen LogP contribution in [0.15, 0.2) is 54.6 Å². The molecule has 0 saturated heterocycles. The minimum Gasteiger partial charge on any atom is -0.352 e. The number of benzene rings is 2. The molecule has 0 unspecified atom stereocenters. The van der Waals surface area contributed by atoms with Crippen molar-refractivity contribution in [2.75, 3.05) is 6.54 Å². The number of halogens is 1. The van der Waals surface area contributed by atoms with Crippen molar-refractivity contribution in [1.29, 1.82) is 0 Å². The van der Waals surface area contributed by atoms with Gasteiger partial charge in [0.2, 0.25) is 5.91 Å². The maximum Gasteiger partial charge on any atom is 0.234 e. The van der Waals surface area contributed by atoms with Crippen LogP contribution in [0.4, 0.5) is 4.39 Å². The highest BCUT2D eigenvalue weighted by molar-refractivity contribution is 5.78. The second kappa shape index (κ2) is 6.71. The Bertz CT molecular complexity index is 641. The van der Waals surface area contributed by atoms with Crippen molar-refractivity contribution in [3.8, 4) is 0 Å². The molecule has 2 N–H and O–H groups in total. The Morgan fingerprint density at radius 1 is 1.09 bits per heavy atom. The molecule has 0 radical (unpaired) electrons. The van der Waals surface area contributed by atoms with E-state index in [1.54, 1.807) is 6.07 Å². The highest BCUT2D eigenvalue weighted by atomic mass is 19.1. The van der Waals surface area contributed by atoms with Crippen LogP contribution in [0.3, 0.4) is 0 Å². The van der Waals surface area contributed by atoms with E-state index < -0.39 is 0 Å². The van der Waals surface area contributed by atoms with Crippen LogP contribution in [-0.4, -0.2) is 18.5 Å². The molecule has 4 heteroatoms. The average Bonchev–Trinajstić information content (AvgIpc) is 3.32. The molecule has 1 amide bonds. The van der Waals surface area contributed by atoms with Crippen molar-refractivity contribution in [2.24, 2.45) is 0 Å². The van der Waals surface area contributed by atoms with Gasteiger partial charge in [0, 0.05) is 6.04 Å². The van der Waals surface area contributed by atoms with Crippen molar-refractivity contribution >= 4 is 5.91 Å². The van der Waals surface area contributed by atoms with Gasteiger partial charge in [-0.25, -0.2) is 4.39 Å². The van der Waals surface area contributed by atoms with Gasteiger partial charge >= 0.3 is 0 Å². The molecule has 3 nitrogen and oxygen atoms in total. The quantitative estimate of drug-likeness (QED) is 0.861. The van der Waals surface area contributed by atoms with Crippen LogP contribution in [0.25, 0.3) is 0 Å². The van der Waals surface area contributed by atoms with Crippen LogP contribution < -0.4 is 10.6 Å². The Kier molecular flexibility index (Phi) is 4.49. The highest BCUT2D eigenvalue weighted by Crippen LogP contribution is 2.22. The van der Waals surface area contributed by atoms with Gasteiger partial charge in [0.05, 0.1) is 12.6 Å². The van der Waals surface area contributed by atoms with Gasteiger partial charge in [-0.3, -0.25) is 10.1 Å². The summed E-state index contributed by atoms with van der Waals surface area (Å²) < 4.78 is 13.5. The average molecular weight is 298 g/mol. The Balaban J connectivity index is 1.75. The monoisotopic (exact) mass is 298 g/mol. The zero-order valence-electron chi connectivity index (χ0n) is 12.3. The van der Waals surface area contributed by atoms with Gasteiger partial charge in [-0.1, -0.05) is 42.5 Å². The molecule has 0 heterocycles. The SMILES string of the molecule is O=C(CN[C@H](c1ccccc1)c1cccc(F)c1)NC1CC1. The normalized spacial score (nSPS) is 15.3. The zero-order valence-corrected chi connectivity index (χ0v) is 12.3. The molecule has 2 aromatic rings. The summed E-state index contributed by atoms with van der Waals surface area (Å²) >= 11 is 0. The van der Waals surface area contributed by atoms with E-state index in [4.69, 9.17) is 0 Å². The lowest BCUT2D eigenvalue weighted by molar-refractivity contribution is -0.120. The fourth-order valence-corrected chi connectivity index (χ4v) is 2.46. The van der Waals surface area contributed by atoms with E-state index in [0.29, 0.717) is 6.04 Å². The van der Waals surface area contributed by atoms with E-state index in [-0.39, 0.29) is 24.3 Å². The maximum absolute atomic E-state index is 13.5. The maximum atomic E-state index is 13.5. The molecule has 1 aliphatic carbocycles. The molecule has 114 valence electrons.